The third kappa shape index (κ3) is 3.76. The Morgan fingerprint density at radius 2 is 2.00 bits per heavy atom. The second-order valence-electron chi connectivity index (χ2n) is 7.44. The van der Waals surface area contributed by atoms with Gasteiger partial charge in [-0.2, -0.15) is 5.10 Å². The van der Waals surface area contributed by atoms with Crippen molar-refractivity contribution in [3.63, 3.8) is 0 Å². The van der Waals surface area contributed by atoms with Gasteiger partial charge in [0.2, 0.25) is 0 Å². The second-order valence-corrected chi connectivity index (χ2v) is 8.30. The molecule has 2 aromatic rings. The lowest BCUT2D eigenvalue weighted by Gasteiger charge is -2.34. The first-order valence-electron chi connectivity index (χ1n) is 9.70. The maximum Gasteiger partial charge on any atom is 0.271 e. The minimum atomic E-state index is -0.128. The van der Waals surface area contributed by atoms with E-state index in [1.807, 2.05) is 11.8 Å². The highest BCUT2D eigenvalue weighted by Crippen LogP contribution is 2.32. The second kappa shape index (κ2) is 7.80. The Kier molecular flexibility index (Phi) is 5.24. The fourth-order valence-electron chi connectivity index (χ4n) is 4.09. The molecule has 2 aromatic heterocycles. The van der Waals surface area contributed by atoms with E-state index in [9.17, 15) is 9.59 Å². The summed E-state index contributed by atoms with van der Waals surface area (Å²) in [6, 6.07) is 1.99. The van der Waals surface area contributed by atoms with Gasteiger partial charge in [-0.1, -0.05) is 12.8 Å². The highest BCUT2D eigenvalue weighted by Gasteiger charge is 2.32. The molecular formula is C19H25N5O2S. The van der Waals surface area contributed by atoms with Crippen LogP contribution in [0.15, 0.2) is 11.6 Å². The Balaban J connectivity index is 1.50. The molecule has 8 heteroatoms. The molecule has 1 aliphatic carbocycles. The van der Waals surface area contributed by atoms with Crippen LogP contribution in [0.25, 0.3) is 0 Å². The Morgan fingerprint density at radius 1 is 1.22 bits per heavy atom. The first-order valence-corrected chi connectivity index (χ1v) is 10.6. The minimum Gasteiger partial charge on any atom is -0.348 e. The van der Waals surface area contributed by atoms with Gasteiger partial charge in [0.15, 0.2) is 0 Å². The number of hydrogen-bond acceptors (Lipinski definition) is 5. The molecular weight excluding hydrogens is 362 g/mol. The third-order valence-electron chi connectivity index (χ3n) is 5.58. The summed E-state index contributed by atoms with van der Waals surface area (Å²) < 4.78 is 0. The molecule has 0 aromatic carbocycles. The van der Waals surface area contributed by atoms with Gasteiger partial charge in [0, 0.05) is 12.6 Å². The number of aromatic nitrogens is 3. The summed E-state index contributed by atoms with van der Waals surface area (Å²) in [5, 5.41) is 10.3. The summed E-state index contributed by atoms with van der Waals surface area (Å²) in [5.74, 6) is -0.109. The average Bonchev–Trinajstić information content (AvgIpc) is 3.43. The molecule has 4 rings (SSSR count). The van der Waals surface area contributed by atoms with E-state index in [1.165, 1.54) is 24.2 Å². The van der Waals surface area contributed by atoms with Gasteiger partial charge in [-0.15, -0.1) is 11.3 Å². The molecule has 27 heavy (non-hydrogen) atoms. The summed E-state index contributed by atoms with van der Waals surface area (Å²) in [4.78, 5) is 32.3. The van der Waals surface area contributed by atoms with Crippen LogP contribution in [0.3, 0.4) is 0 Å². The number of nitrogens with zero attached hydrogens (tertiary/aromatic N) is 3. The number of piperidine rings is 1. The Morgan fingerprint density at radius 3 is 2.74 bits per heavy atom. The van der Waals surface area contributed by atoms with E-state index in [4.69, 9.17) is 0 Å². The first-order chi connectivity index (χ1) is 13.1. The summed E-state index contributed by atoms with van der Waals surface area (Å²) >= 11 is 1.38. The zero-order chi connectivity index (χ0) is 18.8. The monoisotopic (exact) mass is 387 g/mol. The average molecular weight is 388 g/mol. The molecule has 1 unspecified atom stereocenters. The minimum absolute atomic E-state index is 0.0197. The number of aryl methyl sites for hydroxylation is 1. The lowest BCUT2D eigenvalue weighted by Crippen LogP contribution is -2.38. The fourth-order valence-corrected chi connectivity index (χ4v) is 4.85. The van der Waals surface area contributed by atoms with E-state index >= 15 is 0 Å². The Hall–Kier alpha value is -2.22. The van der Waals surface area contributed by atoms with Crippen molar-refractivity contribution in [2.45, 2.75) is 64.0 Å². The largest absolute Gasteiger partial charge is 0.348 e. The normalized spacial score (nSPS) is 20.8. The van der Waals surface area contributed by atoms with Crippen molar-refractivity contribution in [3.05, 3.63) is 33.5 Å². The number of nitrogens with one attached hydrogen (secondary N) is 2. The maximum absolute atomic E-state index is 13.0. The van der Waals surface area contributed by atoms with Crippen LogP contribution in [-0.2, 0) is 0 Å². The van der Waals surface area contributed by atoms with Gasteiger partial charge >= 0.3 is 0 Å². The zero-order valence-electron chi connectivity index (χ0n) is 15.5. The third-order valence-corrected chi connectivity index (χ3v) is 6.50. The number of carbonyl (C=O) groups excluding carboxylic acids is 2. The van der Waals surface area contributed by atoms with Crippen molar-refractivity contribution in [3.8, 4) is 0 Å². The van der Waals surface area contributed by atoms with Crippen LogP contribution in [0.2, 0.25) is 0 Å². The van der Waals surface area contributed by atoms with E-state index < -0.39 is 0 Å². The van der Waals surface area contributed by atoms with Gasteiger partial charge < -0.3 is 10.2 Å². The predicted molar refractivity (Wildman–Crippen MR) is 103 cm³/mol. The highest BCUT2D eigenvalue weighted by molar-refractivity contribution is 7.11. The van der Waals surface area contributed by atoms with E-state index in [-0.39, 0.29) is 23.9 Å². The van der Waals surface area contributed by atoms with Crippen LogP contribution < -0.4 is 5.32 Å². The van der Waals surface area contributed by atoms with Gasteiger partial charge in [-0.3, -0.25) is 14.7 Å². The van der Waals surface area contributed by atoms with Crippen molar-refractivity contribution in [1.82, 2.24) is 25.4 Å². The molecule has 7 nitrogen and oxygen atoms in total. The molecule has 144 valence electrons. The molecule has 0 radical (unpaired) electrons. The van der Waals surface area contributed by atoms with Crippen molar-refractivity contribution in [1.29, 1.82) is 0 Å². The van der Waals surface area contributed by atoms with Crippen molar-refractivity contribution in [2.24, 2.45) is 0 Å². The lowest BCUT2D eigenvalue weighted by atomic mass is 9.98. The van der Waals surface area contributed by atoms with Gasteiger partial charge in [0.25, 0.3) is 11.8 Å². The van der Waals surface area contributed by atoms with Gasteiger partial charge in [0.05, 0.1) is 22.9 Å². The lowest BCUT2D eigenvalue weighted by molar-refractivity contribution is 0.0610. The molecule has 3 heterocycles. The molecule has 2 N–H and O–H groups in total. The SMILES string of the molecule is Cc1ncsc1C(=O)N1CCCCC1c1cc(C(=O)NC2CCCC2)n[nH]1. The molecule has 2 aliphatic rings. The Bertz CT molecular complexity index is 824. The van der Waals surface area contributed by atoms with Crippen molar-refractivity contribution >= 4 is 23.2 Å². The standard InChI is InChI=1S/C19H25N5O2S/c1-12-17(27-11-20-12)19(26)24-9-5-4-8-16(24)14-10-15(23-22-14)18(25)21-13-6-2-3-7-13/h10-11,13,16H,2-9H2,1H3,(H,21,25)(H,22,23). The number of aromatic amines is 1. The van der Waals surface area contributed by atoms with E-state index in [0.29, 0.717) is 17.1 Å². The highest BCUT2D eigenvalue weighted by atomic mass is 32.1. The fraction of sp³-hybridized carbons (Fsp3) is 0.579. The molecule has 0 bridgehead atoms. The summed E-state index contributed by atoms with van der Waals surface area (Å²) in [5.41, 5.74) is 3.73. The summed E-state index contributed by atoms with van der Waals surface area (Å²) in [6.45, 7) is 2.58. The van der Waals surface area contributed by atoms with Crippen molar-refractivity contribution < 1.29 is 9.59 Å². The number of hydrogen-bond donors (Lipinski definition) is 2. The smallest absolute Gasteiger partial charge is 0.271 e. The zero-order valence-corrected chi connectivity index (χ0v) is 16.3. The van der Waals surface area contributed by atoms with Crippen molar-refractivity contribution in [2.75, 3.05) is 6.54 Å². The molecule has 1 saturated heterocycles. The maximum atomic E-state index is 13.0. The topological polar surface area (TPSA) is 91.0 Å². The molecule has 2 fully saturated rings. The van der Waals surface area contributed by atoms with E-state index in [2.05, 4.69) is 20.5 Å². The van der Waals surface area contributed by atoms with Gasteiger partial charge in [-0.05, 0) is 45.1 Å². The predicted octanol–water partition coefficient (Wildman–Crippen LogP) is 3.21. The molecule has 0 spiro atoms. The van der Waals surface area contributed by atoms with Crippen LogP contribution in [-0.4, -0.2) is 44.5 Å². The molecule has 2 amide bonds. The number of amides is 2. The molecule has 1 aliphatic heterocycles. The molecule has 1 saturated carbocycles. The summed E-state index contributed by atoms with van der Waals surface area (Å²) in [7, 11) is 0. The van der Waals surface area contributed by atoms with E-state index in [0.717, 1.165) is 43.5 Å². The molecule has 1 atom stereocenters. The Labute approximate surface area is 162 Å². The van der Waals surface area contributed by atoms with Crippen LogP contribution in [0.1, 0.15) is 82.5 Å². The number of rotatable bonds is 4. The number of thiazole rings is 1. The van der Waals surface area contributed by atoms with Crippen LogP contribution in [0.4, 0.5) is 0 Å². The van der Waals surface area contributed by atoms with Gasteiger partial charge in [0.1, 0.15) is 10.6 Å². The van der Waals surface area contributed by atoms with Crippen LogP contribution >= 0.6 is 11.3 Å². The first kappa shape index (κ1) is 18.2. The van der Waals surface area contributed by atoms with E-state index in [1.54, 1.807) is 11.6 Å². The van der Waals surface area contributed by atoms with Crippen LogP contribution in [0.5, 0.6) is 0 Å². The van der Waals surface area contributed by atoms with Gasteiger partial charge in [-0.25, -0.2) is 4.98 Å². The van der Waals surface area contributed by atoms with Crippen LogP contribution in [0, 0.1) is 6.92 Å². The number of likely N-dealkylation sites (tertiary alicyclic amines) is 1. The summed E-state index contributed by atoms with van der Waals surface area (Å²) in [6.07, 6.45) is 7.35. The number of carbonyl (C=O) groups is 2. The number of H-pyrrole nitrogens is 1. The quantitative estimate of drug-likeness (QED) is 0.843.